The van der Waals surface area contributed by atoms with E-state index in [1.54, 1.807) is 0 Å². The highest BCUT2D eigenvalue weighted by Gasteiger charge is 2.71. The van der Waals surface area contributed by atoms with E-state index in [-0.39, 0.29) is 63.1 Å². The summed E-state index contributed by atoms with van der Waals surface area (Å²) in [6.45, 7) is 24.2. The predicted molar refractivity (Wildman–Crippen MR) is 234 cm³/mol. The minimum atomic E-state index is -0.428. The standard InChI is InChI=1S/C52H70N2O5/c1-32(2)36-22-27-52(54-44(55)39-30-42(48(39,5)6)53-46(57)59-31-33-14-12-11-13-15-33)29-28-50(8)38(43(36)52)20-21-41-49(7)25-23-37(34-16-18-35(19-17-34)45(56)58-10)47(3,4)40(49)24-26-51(41,50)9/h11-19,23,36,38-43H,1,20-22,24-31H2,2-10H3,(H,53,57)(H,54,55)/t36-,38+,39-,40-,41+,42-,43+,49-,50+,51+,52-/m0/s1. The molecule has 0 radical (unpaired) electrons. The van der Waals surface area contributed by atoms with Gasteiger partial charge in [-0.25, -0.2) is 9.59 Å². The third kappa shape index (κ3) is 6.44. The molecule has 0 unspecified atom stereocenters. The largest absolute Gasteiger partial charge is 0.465 e. The lowest BCUT2D eigenvalue weighted by atomic mass is 9.33. The van der Waals surface area contributed by atoms with Crippen LogP contribution in [0.3, 0.4) is 0 Å². The molecule has 8 rings (SSSR count). The molecule has 6 aliphatic carbocycles. The summed E-state index contributed by atoms with van der Waals surface area (Å²) in [6, 6.07) is 17.6. The maximum absolute atomic E-state index is 14.5. The SMILES string of the molecule is C=C(C)[C@@H]1CC[C@]2(NC(=O)[C@@H]3C[C@H](NC(=O)OCc4ccccc4)C3(C)C)CC[C@]3(C)[C@H](CC[C@@H]4[C@@]5(C)CC=C(c6ccc(C(=O)OC)cc6)C(C)(C)[C@@H]5CC[C@]43C)[C@@H]12. The summed E-state index contributed by atoms with van der Waals surface area (Å²) < 4.78 is 10.5. The van der Waals surface area contributed by atoms with Gasteiger partial charge in [0, 0.05) is 17.5 Å². The Morgan fingerprint density at radius 1 is 0.814 bits per heavy atom. The fourth-order valence-corrected chi connectivity index (χ4v) is 15.2. The number of methoxy groups -OCH3 is 1. The molecule has 0 bridgehead atoms. The second kappa shape index (κ2) is 14.6. The molecule has 0 heterocycles. The van der Waals surface area contributed by atoms with E-state index >= 15 is 0 Å². The van der Waals surface area contributed by atoms with Gasteiger partial charge in [0.25, 0.3) is 0 Å². The number of carbonyl (C=O) groups is 3. The van der Waals surface area contributed by atoms with E-state index in [0.717, 1.165) is 37.7 Å². The summed E-state index contributed by atoms with van der Waals surface area (Å²) in [5, 5.41) is 6.91. The van der Waals surface area contributed by atoms with Gasteiger partial charge in [0.2, 0.25) is 5.91 Å². The maximum Gasteiger partial charge on any atom is 0.407 e. The van der Waals surface area contributed by atoms with Crippen LogP contribution in [0.15, 0.2) is 72.8 Å². The van der Waals surface area contributed by atoms with Crippen LogP contribution in [0.2, 0.25) is 0 Å². The van der Waals surface area contributed by atoms with Crippen LogP contribution in [-0.2, 0) is 20.9 Å². The van der Waals surface area contributed by atoms with E-state index in [4.69, 9.17) is 9.47 Å². The highest BCUT2D eigenvalue weighted by Crippen LogP contribution is 2.76. The van der Waals surface area contributed by atoms with Crippen molar-refractivity contribution in [3.63, 3.8) is 0 Å². The van der Waals surface area contributed by atoms with Gasteiger partial charge in [-0.1, -0.05) is 109 Å². The van der Waals surface area contributed by atoms with Crippen molar-refractivity contribution in [2.75, 3.05) is 7.11 Å². The highest BCUT2D eigenvalue weighted by molar-refractivity contribution is 5.90. The Morgan fingerprint density at radius 2 is 1.53 bits per heavy atom. The summed E-state index contributed by atoms with van der Waals surface area (Å²) in [5.74, 6) is 2.15. The average Bonchev–Trinajstić information content (AvgIpc) is 3.58. The van der Waals surface area contributed by atoms with Crippen LogP contribution in [0.4, 0.5) is 4.79 Å². The number of hydrogen-bond donors (Lipinski definition) is 2. The Labute approximate surface area is 353 Å². The minimum Gasteiger partial charge on any atom is -0.465 e. The lowest BCUT2D eigenvalue weighted by molar-refractivity contribution is -0.219. The second-order valence-electron chi connectivity index (χ2n) is 21.8. The molecule has 2 amide bonds. The average molecular weight is 803 g/mol. The normalized spacial score (nSPS) is 38.7. The van der Waals surface area contributed by atoms with E-state index in [2.05, 4.69) is 90.8 Å². The number of fused-ring (bicyclic) bond motifs is 7. The number of esters is 1. The molecular weight excluding hydrogens is 733 g/mol. The van der Waals surface area contributed by atoms with Crippen LogP contribution in [0.25, 0.3) is 5.57 Å². The summed E-state index contributed by atoms with van der Waals surface area (Å²) in [6.07, 6.45) is 12.9. The van der Waals surface area contributed by atoms with Gasteiger partial charge in [-0.3, -0.25) is 4.79 Å². The number of alkyl carbamates (subject to hydrolysis) is 1. The molecule has 5 saturated carbocycles. The van der Waals surface area contributed by atoms with Gasteiger partial charge >= 0.3 is 12.1 Å². The van der Waals surface area contributed by atoms with Gasteiger partial charge in [-0.2, -0.15) is 0 Å². The molecular formula is C52H70N2O5. The van der Waals surface area contributed by atoms with Crippen LogP contribution < -0.4 is 10.6 Å². The molecule has 6 aliphatic rings. The Hall–Kier alpha value is -3.87. The number of hydrogen-bond acceptors (Lipinski definition) is 5. The highest BCUT2D eigenvalue weighted by atomic mass is 16.5. The molecule has 2 aromatic rings. The lowest BCUT2D eigenvalue weighted by Crippen LogP contribution is -2.70. The quantitative estimate of drug-likeness (QED) is 0.205. The topological polar surface area (TPSA) is 93.7 Å². The summed E-state index contributed by atoms with van der Waals surface area (Å²) >= 11 is 0. The van der Waals surface area contributed by atoms with Gasteiger partial charge in [0.15, 0.2) is 0 Å². The number of ether oxygens (including phenoxy) is 2. The number of carbonyl (C=O) groups excluding carboxylic acids is 3. The van der Waals surface area contributed by atoms with E-state index in [1.807, 2.05) is 42.5 Å². The smallest absolute Gasteiger partial charge is 0.407 e. The van der Waals surface area contributed by atoms with Crippen LogP contribution in [-0.4, -0.2) is 36.7 Å². The first kappa shape index (κ1) is 41.8. The molecule has 0 aromatic heterocycles. The zero-order valence-corrected chi connectivity index (χ0v) is 37.3. The van der Waals surface area contributed by atoms with Crippen LogP contribution in [0.5, 0.6) is 0 Å². The monoisotopic (exact) mass is 803 g/mol. The van der Waals surface area contributed by atoms with Gasteiger partial charge < -0.3 is 20.1 Å². The molecule has 7 heteroatoms. The number of benzene rings is 2. The van der Waals surface area contributed by atoms with E-state index in [1.165, 1.54) is 49.5 Å². The molecule has 11 atom stereocenters. The molecule has 318 valence electrons. The molecule has 5 fully saturated rings. The van der Waals surface area contributed by atoms with E-state index in [9.17, 15) is 14.4 Å². The third-order valence-electron chi connectivity index (χ3n) is 18.7. The van der Waals surface area contributed by atoms with Crippen molar-refractivity contribution in [2.24, 2.45) is 62.6 Å². The first-order valence-corrected chi connectivity index (χ1v) is 22.7. The zero-order valence-electron chi connectivity index (χ0n) is 37.3. The van der Waals surface area contributed by atoms with Crippen molar-refractivity contribution in [1.29, 1.82) is 0 Å². The fourth-order valence-electron chi connectivity index (χ4n) is 15.2. The van der Waals surface area contributed by atoms with Crippen molar-refractivity contribution in [2.45, 2.75) is 138 Å². The van der Waals surface area contributed by atoms with Crippen LogP contribution >= 0.6 is 0 Å². The maximum atomic E-state index is 14.5. The Balaban J connectivity index is 1.00. The van der Waals surface area contributed by atoms with Crippen molar-refractivity contribution in [1.82, 2.24) is 10.6 Å². The first-order chi connectivity index (χ1) is 27.8. The molecule has 0 saturated heterocycles. The van der Waals surface area contributed by atoms with Crippen LogP contribution in [0.1, 0.15) is 141 Å². The summed E-state index contributed by atoms with van der Waals surface area (Å²) in [7, 11) is 1.43. The molecule has 2 aromatic carbocycles. The molecule has 0 aliphatic heterocycles. The number of rotatable bonds is 8. The van der Waals surface area contributed by atoms with Gasteiger partial charge in [-0.05, 0) is 157 Å². The first-order valence-electron chi connectivity index (χ1n) is 22.7. The van der Waals surface area contributed by atoms with Crippen molar-refractivity contribution >= 4 is 23.5 Å². The van der Waals surface area contributed by atoms with Gasteiger partial charge in [0.05, 0.1) is 12.7 Å². The Morgan fingerprint density at radius 3 is 2.19 bits per heavy atom. The minimum absolute atomic E-state index is 0.00628. The number of allylic oxidation sites excluding steroid dienone is 3. The van der Waals surface area contributed by atoms with Crippen molar-refractivity contribution < 1.29 is 23.9 Å². The molecule has 0 spiro atoms. The van der Waals surface area contributed by atoms with Gasteiger partial charge in [0.1, 0.15) is 6.61 Å². The molecule has 2 N–H and O–H groups in total. The third-order valence-corrected chi connectivity index (χ3v) is 18.7. The van der Waals surface area contributed by atoms with E-state index < -0.39 is 6.09 Å². The number of nitrogens with one attached hydrogen (secondary N) is 2. The fraction of sp³-hybridized carbons (Fsp3) is 0.635. The molecule has 59 heavy (non-hydrogen) atoms. The molecule has 7 nitrogen and oxygen atoms in total. The number of amides is 2. The second-order valence-corrected chi connectivity index (χ2v) is 21.8. The summed E-state index contributed by atoms with van der Waals surface area (Å²) in [5.41, 5.74) is 5.34. The van der Waals surface area contributed by atoms with Crippen molar-refractivity contribution in [3.05, 3.63) is 89.5 Å². The summed E-state index contributed by atoms with van der Waals surface area (Å²) in [4.78, 5) is 39.6. The predicted octanol–water partition coefficient (Wildman–Crippen LogP) is 11.3. The van der Waals surface area contributed by atoms with Crippen LogP contribution in [0, 0.1) is 62.6 Å². The lowest BCUT2D eigenvalue weighted by Gasteiger charge is -2.72. The van der Waals surface area contributed by atoms with Crippen molar-refractivity contribution in [3.8, 4) is 0 Å². The Kier molecular flexibility index (Phi) is 10.4. The van der Waals surface area contributed by atoms with E-state index in [0.29, 0.717) is 41.6 Å². The zero-order chi connectivity index (χ0) is 42.3. The van der Waals surface area contributed by atoms with Gasteiger partial charge in [-0.15, -0.1) is 0 Å². The Bertz CT molecular complexity index is 2020.